The molecule has 0 radical (unpaired) electrons. The Morgan fingerprint density at radius 3 is 2.32 bits per heavy atom. The van der Waals surface area contributed by atoms with Crippen LogP contribution in [0.2, 0.25) is 0 Å². The normalized spacial score (nSPS) is 10.8. The van der Waals surface area contributed by atoms with Gasteiger partial charge in [0.25, 0.3) is 11.8 Å². The molecule has 0 fully saturated rings. The van der Waals surface area contributed by atoms with Crippen LogP contribution < -0.4 is 15.4 Å². The zero-order valence-electron chi connectivity index (χ0n) is 19.2. The molecular formula is C26H26N4O4. The molecule has 2 N–H and O–H groups in total. The molecule has 8 nitrogen and oxygen atoms in total. The summed E-state index contributed by atoms with van der Waals surface area (Å²) in [5.41, 5.74) is 2.59. The van der Waals surface area contributed by atoms with Crippen LogP contribution in [0.15, 0.2) is 77.3 Å². The van der Waals surface area contributed by atoms with Crippen molar-refractivity contribution in [1.82, 2.24) is 9.78 Å². The average molecular weight is 459 g/mol. The van der Waals surface area contributed by atoms with E-state index in [0.717, 1.165) is 5.75 Å². The van der Waals surface area contributed by atoms with Crippen LogP contribution in [0.1, 0.15) is 52.1 Å². The zero-order valence-corrected chi connectivity index (χ0v) is 19.2. The summed E-state index contributed by atoms with van der Waals surface area (Å²) < 4.78 is 12.9. The molecule has 0 saturated carbocycles. The summed E-state index contributed by atoms with van der Waals surface area (Å²) in [6, 6.07) is 19.7. The van der Waals surface area contributed by atoms with Gasteiger partial charge in [-0.05, 0) is 60.0 Å². The van der Waals surface area contributed by atoms with E-state index in [0.29, 0.717) is 28.7 Å². The number of aryl methyl sites for hydroxylation is 1. The standard InChI is InChI=1S/C26H26N4O4/c1-17(2)18-7-9-21(10-8-18)33-16-22-11-12-24(34-22)26(32)28-20-6-4-5-19(15-20)27-25(31)23-13-14-30(3)29-23/h4-15,17H,16H2,1-3H3,(H,27,31)(H,28,32). The van der Waals surface area contributed by atoms with Crippen molar-refractivity contribution in [2.24, 2.45) is 7.05 Å². The number of furan rings is 1. The maximum Gasteiger partial charge on any atom is 0.291 e. The Kier molecular flexibility index (Phi) is 6.77. The van der Waals surface area contributed by atoms with Gasteiger partial charge in [0.05, 0.1) is 0 Å². The monoisotopic (exact) mass is 458 g/mol. The highest BCUT2D eigenvalue weighted by atomic mass is 16.5. The molecule has 2 aromatic carbocycles. The molecule has 2 amide bonds. The number of nitrogens with one attached hydrogen (secondary N) is 2. The quantitative estimate of drug-likeness (QED) is 0.377. The number of rotatable bonds is 8. The summed E-state index contributed by atoms with van der Waals surface area (Å²) in [6.07, 6.45) is 1.69. The lowest BCUT2D eigenvalue weighted by Crippen LogP contribution is -2.14. The van der Waals surface area contributed by atoms with Gasteiger partial charge in [0.15, 0.2) is 11.5 Å². The number of hydrogen-bond acceptors (Lipinski definition) is 5. The number of ether oxygens (including phenoxy) is 1. The number of carbonyl (C=O) groups excluding carboxylic acids is 2. The van der Waals surface area contributed by atoms with Crippen LogP contribution in [0.3, 0.4) is 0 Å². The Hall–Kier alpha value is -4.33. The van der Waals surface area contributed by atoms with Crippen LogP contribution in [0, 0.1) is 0 Å². The third kappa shape index (κ3) is 5.72. The Labute approximate surface area is 197 Å². The van der Waals surface area contributed by atoms with E-state index in [1.807, 2.05) is 24.3 Å². The van der Waals surface area contributed by atoms with Gasteiger partial charge in [0.2, 0.25) is 0 Å². The first-order valence-electron chi connectivity index (χ1n) is 10.9. The van der Waals surface area contributed by atoms with Crippen LogP contribution in [0.25, 0.3) is 0 Å². The first kappa shape index (κ1) is 22.8. The molecule has 0 unspecified atom stereocenters. The molecule has 2 heterocycles. The minimum absolute atomic E-state index is 0.164. The molecule has 174 valence electrons. The van der Waals surface area contributed by atoms with Gasteiger partial charge >= 0.3 is 0 Å². The summed E-state index contributed by atoms with van der Waals surface area (Å²) in [5, 5.41) is 9.62. The summed E-state index contributed by atoms with van der Waals surface area (Å²) in [6.45, 7) is 4.49. The van der Waals surface area contributed by atoms with E-state index < -0.39 is 5.91 Å². The first-order chi connectivity index (χ1) is 16.4. The Morgan fingerprint density at radius 1 is 0.971 bits per heavy atom. The van der Waals surface area contributed by atoms with Gasteiger partial charge in [-0.3, -0.25) is 14.3 Å². The molecule has 4 aromatic rings. The SMILES string of the molecule is CC(C)c1ccc(OCc2ccc(C(=O)Nc3cccc(NC(=O)c4ccn(C)n4)c3)o2)cc1. The minimum Gasteiger partial charge on any atom is -0.486 e. The van der Waals surface area contributed by atoms with E-state index in [1.54, 1.807) is 60.4 Å². The summed E-state index contributed by atoms with van der Waals surface area (Å²) >= 11 is 0. The molecule has 34 heavy (non-hydrogen) atoms. The predicted molar refractivity (Wildman–Crippen MR) is 129 cm³/mol. The number of nitrogens with zero attached hydrogens (tertiary/aromatic N) is 2. The highest BCUT2D eigenvalue weighted by Crippen LogP contribution is 2.21. The van der Waals surface area contributed by atoms with Crippen LogP contribution in [0.5, 0.6) is 5.75 Å². The van der Waals surface area contributed by atoms with E-state index in [2.05, 4.69) is 29.6 Å². The molecule has 8 heteroatoms. The number of amides is 2. The lowest BCUT2D eigenvalue weighted by Gasteiger charge is -2.08. The summed E-state index contributed by atoms with van der Waals surface area (Å²) in [5.74, 6) is 1.15. The molecular weight excluding hydrogens is 432 g/mol. The van der Waals surface area contributed by atoms with Crippen molar-refractivity contribution in [3.05, 3.63) is 95.7 Å². The third-order valence-electron chi connectivity index (χ3n) is 5.14. The lowest BCUT2D eigenvalue weighted by molar-refractivity contribution is 0.0991. The molecule has 0 aliphatic heterocycles. The van der Waals surface area contributed by atoms with Crippen LogP contribution >= 0.6 is 0 Å². The second-order valence-corrected chi connectivity index (χ2v) is 8.14. The van der Waals surface area contributed by atoms with Gasteiger partial charge < -0.3 is 19.8 Å². The van der Waals surface area contributed by atoms with Crippen LogP contribution in [-0.4, -0.2) is 21.6 Å². The second-order valence-electron chi connectivity index (χ2n) is 8.14. The van der Waals surface area contributed by atoms with E-state index >= 15 is 0 Å². The number of anilines is 2. The molecule has 0 bridgehead atoms. The number of aromatic nitrogens is 2. The zero-order chi connectivity index (χ0) is 24.1. The first-order valence-corrected chi connectivity index (χ1v) is 10.9. The summed E-state index contributed by atoms with van der Waals surface area (Å²) in [4.78, 5) is 24.9. The number of carbonyl (C=O) groups is 2. The molecule has 4 rings (SSSR count). The van der Waals surface area contributed by atoms with Crippen molar-refractivity contribution < 1.29 is 18.7 Å². The largest absolute Gasteiger partial charge is 0.486 e. The van der Waals surface area contributed by atoms with E-state index in [-0.39, 0.29) is 18.3 Å². The van der Waals surface area contributed by atoms with Crippen molar-refractivity contribution in [3.63, 3.8) is 0 Å². The highest BCUT2D eigenvalue weighted by Gasteiger charge is 2.14. The van der Waals surface area contributed by atoms with Gasteiger partial charge in [-0.2, -0.15) is 5.10 Å². The molecule has 0 aliphatic rings. The van der Waals surface area contributed by atoms with Gasteiger partial charge in [0.1, 0.15) is 18.1 Å². The molecule has 0 spiro atoms. The topological polar surface area (TPSA) is 98.4 Å². The van der Waals surface area contributed by atoms with Crippen LogP contribution in [-0.2, 0) is 13.7 Å². The average Bonchev–Trinajstić information content (AvgIpc) is 3.47. The molecule has 0 aliphatic carbocycles. The van der Waals surface area contributed by atoms with Crippen LogP contribution in [0.4, 0.5) is 11.4 Å². The van der Waals surface area contributed by atoms with Crippen molar-refractivity contribution in [2.45, 2.75) is 26.4 Å². The van der Waals surface area contributed by atoms with Crippen molar-refractivity contribution in [2.75, 3.05) is 10.6 Å². The fourth-order valence-electron chi connectivity index (χ4n) is 3.28. The second kappa shape index (κ2) is 10.1. The molecule has 0 atom stereocenters. The fraction of sp³-hybridized carbons (Fsp3) is 0.192. The lowest BCUT2D eigenvalue weighted by atomic mass is 10.0. The van der Waals surface area contributed by atoms with Gasteiger partial charge in [0, 0.05) is 24.6 Å². The molecule has 0 saturated heterocycles. The minimum atomic E-state index is -0.402. The van der Waals surface area contributed by atoms with Crippen molar-refractivity contribution in [1.29, 1.82) is 0 Å². The van der Waals surface area contributed by atoms with E-state index in [1.165, 1.54) is 5.56 Å². The van der Waals surface area contributed by atoms with Gasteiger partial charge in [-0.1, -0.05) is 32.0 Å². The molecule has 2 aromatic heterocycles. The van der Waals surface area contributed by atoms with Crippen molar-refractivity contribution >= 4 is 23.2 Å². The van der Waals surface area contributed by atoms with E-state index in [9.17, 15) is 9.59 Å². The Morgan fingerprint density at radius 2 is 1.68 bits per heavy atom. The smallest absolute Gasteiger partial charge is 0.291 e. The number of hydrogen-bond donors (Lipinski definition) is 2. The maximum atomic E-state index is 12.6. The van der Waals surface area contributed by atoms with Gasteiger partial charge in [-0.15, -0.1) is 0 Å². The Bertz CT molecular complexity index is 1290. The third-order valence-corrected chi connectivity index (χ3v) is 5.14. The Balaban J connectivity index is 1.33. The number of benzene rings is 2. The maximum absolute atomic E-state index is 12.6. The summed E-state index contributed by atoms with van der Waals surface area (Å²) in [7, 11) is 1.74. The fourth-order valence-corrected chi connectivity index (χ4v) is 3.28. The predicted octanol–water partition coefficient (Wildman–Crippen LogP) is 5.22. The van der Waals surface area contributed by atoms with Gasteiger partial charge in [-0.25, -0.2) is 0 Å². The van der Waals surface area contributed by atoms with E-state index in [4.69, 9.17) is 9.15 Å². The van der Waals surface area contributed by atoms with Crippen molar-refractivity contribution in [3.8, 4) is 5.75 Å². The highest BCUT2D eigenvalue weighted by molar-refractivity contribution is 6.04.